The van der Waals surface area contributed by atoms with Crippen LogP contribution in [0.25, 0.3) is 22.8 Å². The highest BCUT2D eigenvalue weighted by atomic mass is 32.2. The zero-order valence-corrected chi connectivity index (χ0v) is 22.1. The Morgan fingerprint density at radius 1 is 0.919 bits per heavy atom. The van der Waals surface area contributed by atoms with E-state index in [1.165, 1.54) is 5.41 Å². The van der Waals surface area contributed by atoms with Crippen molar-refractivity contribution in [1.29, 1.82) is 0 Å². The number of hydrogen-bond acceptors (Lipinski definition) is 6. The van der Waals surface area contributed by atoms with Gasteiger partial charge in [-0.1, -0.05) is 61.9 Å². The number of nitrogens with zero attached hydrogens (tertiary/aromatic N) is 6. The van der Waals surface area contributed by atoms with E-state index in [1.807, 2.05) is 72.3 Å². The van der Waals surface area contributed by atoms with Gasteiger partial charge in [-0.05, 0) is 37.1 Å². The van der Waals surface area contributed by atoms with Crippen molar-refractivity contribution in [1.82, 2.24) is 24.1 Å². The topological polar surface area (TPSA) is 84.2 Å². The summed E-state index contributed by atoms with van der Waals surface area (Å²) in [6.07, 6.45) is 4.50. The first-order chi connectivity index (χ1) is 18.0. The van der Waals surface area contributed by atoms with Gasteiger partial charge in [0, 0.05) is 38.0 Å². The minimum absolute atomic E-state index is 0.392. The molecule has 3 heterocycles. The van der Waals surface area contributed by atoms with Crippen LogP contribution in [0.15, 0.2) is 66.1 Å². The lowest BCUT2D eigenvalue weighted by atomic mass is 10.2. The Kier molecular flexibility index (Phi) is 7.34. The number of aromatic nitrogens is 4. The molecular formula is C28H32N6O2S. The second-order valence-corrected chi connectivity index (χ2v) is 11.1. The van der Waals surface area contributed by atoms with Crippen LogP contribution in [0, 0.1) is 6.92 Å². The third-order valence-electron chi connectivity index (χ3n) is 6.61. The number of para-hydroxylation sites is 1. The molecule has 0 atom stereocenters. The van der Waals surface area contributed by atoms with E-state index in [1.54, 1.807) is 10.4 Å². The number of rotatable bonds is 8. The lowest BCUT2D eigenvalue weighted by Crippen LogP contribution is -2.48. The quantitative estimate of drug-likeness (QED) is 0.341. The molecule has 1 aliphatic heterocycles. The molecule has 1 aliphatic rings. The molecule has 0 unspecified atom stereocenters. The maximum atomic E-state index is 13.0. The van der Waals surface area contributed by atoms with Gasteiger partial charge in [-0.15, -0.1) is 0 Å². The molecule has 0 N–H and O–H groups in total. The third-order valence-corrected chi connectivity index (χ3v) is 8.18. The Balaban J connectivity index is 1.43. The van der Waals surface area contributed by atoms with E-state index in [0.717, 1.165) is 58.9 Å². The van der Waals surface area contributed by atoms with Gasteiger partial charge < -0.3 is 4.90 Å². The molecule has 8 nitrogen and oxygen atoms in total. The van der Waals surface area contributed by atoms with Crippen LogP contribution in [0.3, 0.4) is 0 Å². The van der Waals surface area contributed by atoms with Crippen LogP contribution in [0.4, 0.5) is 5.82 Å². The summed E-state index contributed by atoms with van der Waals surface area (Å²) in [4.78, 5) is 12.1. The number of sulfonamides is 1. The van der Waals surface area contributed by atoms with Gasteiger partial charge in [-0.3, -0.25) is 0 Å². The highest BCUT2D eigenvalue weighted by Gasteiger charge is 2.28. The van der Waals surface area contributed by atoms with Gasteiger partial charge in [-0.2, -0.15) is 9.40 Å². The van der Waals surface area contributed by atoms with E-state index in [4.69, 9.17) is 15.1 Å². The molecule has 2 aromatic heterocycles. The molecule has 1 saturated heterocycles. The summed E-state index contributed by atoms with van der Waals surface area (Å²) in [6.45, 7) is 6.02. The van der Waals surface area contributed by atoms with Gasteiger partial charge in [0.1, 0.15) is 11.6 Å². The molecular weight excluding hydrogens is 484 g/mol. The van der Waals surface area contributed by atoms with Crippen LogP contribution < -0.4 is 4.90 Å². The van der Waals surface area contributed by atoms with Gasteiger partial charge in [0.15, 0.2) is 5.65 Å². The molecule has 9 heteroatoms. The molecule has 0 amide bonds. The first kappa shape index (κ1) is 25.1. The normalized spacial score (nSPS) is 15.1. The van der Waals surface area contributed by atoms with E-state index in [2.05, 4.69) is 11.8 Å². The number of anilines is 1. The van der Waals surface area contributed by atoms with Crippen molar-refractivity contribution in [2.75, 3.05) is 31.1 Å². The van der Waals surface area contributed by atoms with Crippen LogP contribution in [0.2, 0.25) is 0 Å². The largest absolute Gasteiger partial charge is 0.353 e. The lowest BCUT2D eigenvalue weighted by Gasteiger charge is -2.34. The summed E-state index contributed by atoms with van der Waals surface area (Å²) in [5, 5.41) is 7.04. The van der Waals surface area contributed by atoms with Gasteiger partial charge in [0.05, 0.1) is 16.8 Å². The minimum atomic E-state index is -3.51. The molecule has 5 rings (SSSR count). The first-order valence-electron chi connectivity index (χ1n) is 12.8. The first-order valence-corrected chi connectivity index (χ1v) is 14.3. The van der Waals surface area contributed by atoms with Crippen molar-refractivity contribution in [2.24, 2.45) is 0 Å². The predicted molar refractivity (Wildman–Crippen MR) is 148 cm³/mol. The number of hydrogen-bond donors (Lipinski definition) is 0. The zero-order chi connectivity index (χ0) is 25.8. The van der Waals surface area contributed by atoms with Crippen molar-refractivity contribution in [3.8, 4) is 5.69 Å². The van der Waals surface area contributed by atoms with E-state index in [9.17, 15) is 8.42 Å². The van der Waals surface area contributed by atoms with Crippen LogP contribution in [-0.2, 0) is 16.4 Å². The van der Waals surface area contributed by atoms with Crippen LogP contribution in [0.5, 0.6) is 0 Å². The average molecular weight is 517 g/mol. The fraction of sp³-hybridized carbons (Fsp3) is 0.321. The van der Waals surface area contributed by atoms with Crippen molar-refractivity contribution in [3.05, 3.63) is 83.2 Å². The summed E-state index contributed by atoms with van der Waals surface area (Å²) in [6, 6.07) is 19.5. The molecule has 0 saturated carbocycles. The minimum Gasteiger partial charge on any atom is -0.353 e. The molecule has 0 bridgehead atoms. The predicted octanol–water partition coefficient (Wildman–Crippen LogP) is 4.59. The molecule has 1 fully saturated rings. The molecule has 37 heavy (non-hydrogen) atoms. The molecule has 0 aliphatic carbocycles. The molecule has 192 valence electrons. The Bertz CT molecular complexity index is 1490. The van der Waals surface area contributed by atoms with Crippen LogP contribution >= 0.6 is 0 Å². The standard InChI is InChI=1S/C28H32N6O2S/c1-3-4-15-25-29-27(26-22(2)31-34(28(26)30-25)24-13-9-6-10-14-24)32-17-19-33(20-18-32)37(35,36)21-16-23-11-7-5-8-12-23/h5-14,16,21H,3-4,15,17-20H2,1-2H3/b21-16+. The van der Waals surface area contributed by atoms with E-state index >= 15 is 0 Å². The highest BCUT2D eigenvalue weighted by Crippen LogP contribution is 2.30. The van der Waals surface area contributed by atoms with Crippen molar-refractivity contribution < 1.29 is 8.42 Å². The van der Waals surface area contributed by atoms with E-state index in [-0.39, 0.29) is 0 Å². The average Bonchev–Trinajstić information content (AvgIpc) is 3.27. The van der Waals surface area contributed by atoms with E-state index < -0.39 is 10.0 Å². The number of aryl methyl sites for hydroxylation is 2. The number of piperazine rings is 1. The summed E-state index contributed by atoms with van der Waals surface area (Å²) < 4.78 is 29.4. The molecule has 0 spiro atoms. The SMILES string of the molecule is CCCCc1nc(N2CCN(S(=O)(=O)/C=C/c3ccccc3)CC2)c2c(C)nn(-c3ccccc3)c2n1. The summed E-state index contributed by atoms with van der Waals surface area (Å²) >= 11 is 0. The zero-order valence-electron chi connectivity index (χ0n) is 21.3. The fourth-order valence-corrected chi connectivity index (χ4v) is 5.77. The molecule has 2 aromatic carbocycles. The maximum absolute atomic E-state index is 13.0. The fourth-order valence-electron chi connectivity index (χ4n) is 4.60. The van der Waals surface area contributed by atoms with Crippen molar-refractivity contribution >= 4 is 33.0 Å². The van der Waals surface area contributed by atoms with Gasteiger partial charge in [0.2, 0.25) is 10.0 Å². The van der Waals surface area contributed by atoms with Crippen molar-refractivity contribution in [2.45, 2.75) is 33.1 Å². The Labute approximate surface area is 218 Å². The third kappa shape index (κ3) is 5.42. The van der Waals surface area contributed by atoms with Gasteiger partial charge in [-0.25, -0.2) is 23.1 Å². The molecule has 4 aromatic rings. The summed E-state index contributed by atoms with van der Waals surface area (Å²) in [5.74, 6) is 1.63. The smallest absolute Gasteiger partial charge is 0.236 e. The summed E-state index contributed by atoms with van der Waals surface area (Å²) in [5.41, 5.74) is 3.46. The number of fused-ring (bicyclic) bond motifs is 1. The van der Waals surface area contributed by atoms with Gasteiger partial charge in [0.25, 0.3) is 0 Å². The number of benzene rings is 2. The Hall–Kier alpha value is -3.56. The second-order valence-electron chi connectivity index (χ2n) is 9.24. The second kappa shape index (κ2) is 10.8. The van der Waals surface area contributed by atoms with Gasteiger partial charge >= 0.3 is 0 Å². The Morgan fingerprint density at radius 3 is 2.27 bits per heavy atom. The number of unbranched alkanes of at least 4 members (excludes halogenated alkanes) is 1. The highest BCUT2D eigenvalue weighted by molar-refractivity contribution is 7.92. The molecule has 0 radical (unpaired) electrons. The van der Waals surface area contributed by atoms with Crippen LogP contribution in [-0.4, -0.2) is 58.7 Å². The monoisotopic (exact) mass is 516 g/mol. The maximum Gasteiger partial charge on any atom is 0.236 e. The summed E-state index contributed by atoms with van der Waals surface area (Å²) in [7, 11) is -3.51. The Morgan fingerprint density at radius 2 is 1.59 bits per heavy atom. The van der Waals surface area contributed by atoms with Crippen LogP contribution in [0.1, 0.15) is 36.8 Å². The van der Waals surface area contributed by atoms with Crippen molar-refractivity contribution in [3.63, 3.8) is 0 Å². The lowest BCUT2D eigenvalue weighted by molar-refractivity contribution is 0.389. The van der Waals surface area contributed by atoms with E-state index in [0.29, 0.717) is 26.2 Å².